The lowest BCUT2D eigenvalue weighted by Gasteiger charge is -2.36. The van der Waals surface area contributed by atoms with Gasteiger partial charge < -0.3 is 9.80 Å². The molecule has 0 spiro atoms. The van der Waals surface area contributed by atoms with Crippen molar-refractivity contribution in [2.45, 2.75) is 36.1 Å². The summed E-state index contributed by atoms with van der Waals surface area (Å²) in [6.45, 7) is 4.81. The highest BCUT2D eigenvalue weighted by Gasteiger charge is 2.25. The van der Waals surface area contributed by atoms with Crippen LogP contribution in [0.5, 0.6) is 0 Å². The number of likely N-dealkylation sites (N-methyl/N-ethyl adjacent to an activating group) is 1. The van der Waals surface area contributed by atoms with Crippen LogP contribution in [0.25, 0.3) is 0 Å². The van der Waals surface area contributed by atoms with Gasteiger partial charge in [0.05, 0.1) is 11.4 Å². The van der Waals surface area contributed by atoms with Gasteiger partial charge in [0.2, 0.25) is 0 Å². The second kappa shape index (κ2) is 6.99. The third-order valence-electron chi connectivity index (χ3n) is 4.47. The van der Waals surface area contributed by atoms with Gasteiger partial charge in [0, 0.05) is 28.8 Å². The molecule has 4 heteroatoms. The second-order valence-electron chi connectivity index (χ2n) is 6.67. The Morgan fingerprint density at radius 1 is 1.12 bits per heavy atom. The van der Waals surface area contributed by atoms with Gasteiger partial charge in [0.15, 0.2) is 0 Å². The van der Waals surface area contributed by atoms with Crippen LogP contribution >= 0.6 is 11.8 Å². The Morgan fingerprint density at radius 2 is 1.83 bits per heavy atom. The summed E-state index contributed by atoms with van der Waals surface area (Å²) in [4.78, 5) is 18.7. The van der Waals surface area contributed by atoms with Crippen molar-refractivity contribution in [2.75, 3.05) is 25.5 Å². The van der Waals surface area contributed by atoms with Crippen molar-refractivity contribution in [3.05, 3.63) is 48.0 Å². The van der Waals surface area contributed by atoms with Crippen LogP contribution in [0.4, 0.5) is 11.4 Å². The molecule has 1 heterocycles. The maximum absolute atomic E-state index is 11.5. The number of anilines is 2. The zero-order valence-electron chi connectivity index (χ0n) is 14.7. The van der Waals surface area contributed by atoms with E-state index < -0.39 is 0 Å². The fourth-order valence-electron chi connectivity index (χ4n) is 2.90. The molecular formula is C20H24N2OS. The summed E-state index contributed by atoms with van der Waals surface area (Å²) in [5, 5.41) is 0. The first-order valence-corrected chi connectivity index (χ1v) is 9.10. The number of benzene rings is 2. The number of hydrogen-bond acceptors (Lipinski definition) is 4. The zero-order chi connectivity index (χ0) is 17.3. The van der Waals surface area contributed by atoms with E-state index >= 15 is 0 Å². The van der Waals surface area contributed by atoms with Crippen molar-refractivity contribution in [3.63, 3.8) is 0 Å². The predicted octanol–water partition coefficient (Wildman–Crippen LogP) is 4.37. The van der Waals surface area contributed by atoms with Gasteiger partial charge in [-0.2, -0.15) is 0 Å². The Kier molecular flexibility index (Phi) is 4.97. The summed E-state index contributed by atoms with van der Waals surface area (Å²) in [7, 11) is 4.23. The van der Waals surface area contributed by atoms with Gasteiger partial charge in [-0.25, -0.2) is 0 Å². The monoisotopic (exact) mass is 340 g/mol. The van der Waals surface area contributed by atoms with Crippen molar-refractivity contribution in [2.24, 2.45) is 0 Å². The molecule has 0 bridgehead atoms. The van der Waals surface area contributed by atoms with E-state index in [1.165, 1.54) is 21.2 Å². The van der Waals surface area contributed by atoms with Gasteiger partial charge in [0.1, 0.15) is 5.78 Å². The molecule has 3 rings (SSSR count). The molecular weight excluding hydrogens is 316 g/mol. The van der Waals surface area contributed by atoms with Crippen LogP contribution in [0, 0.1) is 0 Å². The minimum Gasteiger partial charge on any atom is -0.338 e. The van der Waals surface area contributed by atoms with E-state index in [2.05, 4.69) is 73.3 Å². The maximum atomic E-state index is 11.5. The molecule has 0 N–H and O–H groups in total. The molecule has 1 unspecified atom stereocenters. The zero-order valence-corrected chi connectivity index (χ0v) is 15.6. The first-order valence-electron chi connectivity index (χ1n) is 8.29. The number of Topliss-reactive ketones (excluding diaryl/α,β-unsaturated/α-hetero) is 1. The summed E-state index contributed by atoms with van der Waals surface area (Å²) < 4.78 is 0. The molecule has 24 heavy (non-hydrogen) atoms. The van der Waals surface area contributed by atoms with Gasteiger partial charge in [-0.15, -0.1) is 0 Å². The number of para-hydroxylation sites is 1. The second-order valence-corrected chi connectivity index (χ2v) is 7.76. The molecule has 0 radical (unpaired) electrons. The number of rotatable bonds is 5. The van der Waals surface area contributed by atoms with Gasteiger partial charge in [-0.3, -0.25) is 4.79 Å². The summed E-state index contributed by atoms with van der Waals surface area (Å²) in [6.07, 6.45) is 0.497. The average Bonchev–Trinajstić information content (AvgIpc) is 2.54. The number of nitrogens with zero attached hydrogens (tertiary/aromatic N) is 2. The standard InChI is InChI=1S/C20H24N2OS/c1-14(21(3)4)13-22-17-7-5-6-8-19(17)24-20-10-9-16(11-15(2)23)12-18(20)22/h5-10,12,14H,11,13H2,1-4H3. The highest BCUT2D eigenvalue weighted by atomic mass is 32.2. The molecule has 0 amide bonds. The van der Waals surface area contributed by atoms with Crippen LogP contribution in [0.1, 0.15) is 19.4 Å². The predicted molar refractivity (Wildman–Crippen MR) is 102 cm³/mol. The van der Waals surface area contributed by atoms with E-state index in [9.17, 15) is 4.79 Å². The van der Waals surface area contributed by atoms with Gasteiger partial charge in [-0.05, 0) is 57.8 Å². The lowest BCUT2D eigenvalue weighted by atomic mass is 10.1. The number of carbonyl (C=O) groups excluding carboxylic acids is 1. The quantitative estimate of drug-likeness (QED) is 0.806. The lowest BCUT2D eigenvalue weighted by Crippen LogP contribution is -2.37. The van der Waals surface area contributed by atoms with E-state index in [0.29, 0.717) is 12.5 Å². The largest absolute Gasteiger partial charge is 0.338 e. The Bertz CT molecular complexity index is 757. The van der Waals surface area contributed by atoms with Crippen LogP contribution in [0.2, 0.25) is 0 Å². The number of hydrogen-bond donors (Lipinski definition) is 0. The number of fused-ring (bicyclic) bond motifs is 2. The molecule has 2 aromatic carbocycles. The number of ketones is 1. The smallest absolute Gasteiger partial charge is 0.134 e. The molecule has 0 aromatic heterocycles. The van der Waals surface area contributed by atoms with Crippen LogP contribution in [-0.4, -0.2) is 37.4 Å². The summed E-state index contributed by atoms with van der Waals surface area (Å²) >= 11 is 1.81. The minimum atomic E-state index is 0.201. The van der Waals surface area contributed by atoms with Crippen molar-refractivity contribution in [1.82, 2.24) is 4.90 Å². The van der Waals surface area contributed by atoms with E-state index in [4.69, 9.17) is 0 Å². The SMILES string of the molecule is CC(=O)Cc1ccc2c(c1)N(CC(C)N(C)C)c1ccccc1S2. The van der Waals surface area contributed by atoms with E-state index in [1.807, 2.05) is 11.8 Å². The average molecular weight is 340 g/mol. The third-order valence-corrected chi connectivity index (χ3v) is 5.60. The Morgan fingerprint density at radius 3 is 2.54 bits per heavy atom. The van der Waals surface area contributed by atoms with Gasteiger partial charge in [-0.1, -0.05) is 30.0 Å². The Hall–Kier alpha value is -1.78. The molecule has 3 nitrogen and oxygen atoms in total. The van der Waals surface area contributed by atoms with Crippen molar-refractivity contribution >= 4 is 28.9 Å². The Labute approximate surface area is 148 Å². The molecule has 2 aromatic rings. The first kappa shape index (κ1) is 17.1. The maximum Gasteiger partial charge on any atom is 0.134 e. The van der Waals surface area contributed by atoms with Crippen LogP contribution in [0.15, 0.2) is 52.3 Å². The minimum absolute atomic E-state index is 0.201. The molecule has 1 aliphatic rings. The Balaban J connectivity index is 2.03. The molecule has 0 saturated heterocycles. The van der Waals surface area contributed by atoms with Crippen LogP contribution in [-0.2, 0) is 11.2 Å². The summed E-state index contributed by atoms with van der Waals surface area (Å²) in [6, 6.07) is 15.4. The molecule has 0 aliphatic carbocycles. The highest BCUT2D eigenvalue weighted by Crippen LogP contribution is 2.48. The van der Waals surface area contributed by atoms with Crippen molar-refractivity contribution in [1.29, 1.82) is 0 Å². The first-order chi connectivity index (χ1) is 11.5. The molecule has 0 fully saturated rings. The van der Waals surface area contributed by atoms with E-state index in [0.717, 1.165) is 12.1 Å². The fourth-order valence-corrected chi connectivity index (χ4v) is 3.97. The van der Waals surface area contributed by atoms with Crippen molar-refractivity contribution in [3.8, 4) is 0 Å². The molecule has 126 valence electrons. The molecule has 0 saturated carbocycles. The van der Waals surface area contributed by atoms with Crippen LogP contribution < -0.4 is 4.90 Å². The fraction of sp³-hybridized carbons (Fsp3) is 0.350. The van der Waals surface area contributed by atoms with Gasteiger partial charge >= 0.3 is 0 Å². The topological polar surface area (TPSA) is 23.6 Å². The van der Waals surface area contributed by atoms with E-state index in [1.54, 1.807) is 6.92 Å². The summed E-state index contributed by atoms with van der Waals surface area (Å²) in [5.74, 6) is 0.201. The number of carbonyl (C=O) groups is 1. The molecule has 1 aliphatic heterocycles. The highest BCUT2D eigenvalue weighted by molar-refractivity contribution is 7.99. The summed E-state index contributed by atoms with van der Waals surface area (Å²) in [5.41, 5.74) is 3.55. The van der Waals surface area contributed by atoms with E-state index in [-0.39, 0.29) is 5.78 Å². The lowest BCUT2D eigenvalue weighted by molar-refractivity contribution is -0.116. The van der Waals surface area contributed by atoms with Gasteiger partial charge in [0.25, 0.3) is 0 Å². The molecule has 1 atom stereocenters. The van der Waals surface area contributed by atoms with Crippen LogP contribution in [0.3, 0.4) is 0 Å². The third kappa shape index (κ3) is 3.50. The normalized spacial score (nSPS) is 14.3. The van der Waals surface area contributed by atoms with Crippen molar-refractivity contribution < 1.29 is 4.79 Å².